The van der Waals surface area contributed by atoms with Crippen LogP contribution in [-0.2, 0) is 9.53 Å². The van der Waals surface area contributed by atoms with Gasteiger partial charge in [0.25, 0.3) is 5.91 Å². The Bertz CT molecular complexity index is 1470. The number of benzene rings is 2. The minimum absolute atomic E-state index is 0.0868. The molecule has 2 N–H and O–H groups in total. The number of rotatable bonds is 9. The third kappa shape index (κ3) is 8.64. The number of nitrogens with zero attached hydrogens (tertiary/aromatic N) is 3. The number of hydrogen-bond donors (Lipinski definition) is 2. The molecule has 1 aliphatic rings. The standard InChI is InChI=1S/C34H43N5O4/c1-7-31(40)37-29-12-8-10-23-14-15-24(22-27(23)29)28-11-9-13-30(36-28)32(41)35-25-16-18-26(19-17-25)38(5)20-21-39(6)33(42)43-34(2,3)4/h7-15,22,25-26H,1,16-21H2,2-6H3,(H,35,41)(H,37,40). The quantitative estimate of drug-likeness (QED) is 0.305. The third-order valence-corrected chi connectivity index (χ3v) is 7.75. The van der Waals surface area contributed by atoms with Crippen molar-refractivity contribution in [1.29, 1.82) is 0 Å². The lowest BCUT2D eigenvalue weighted by molar-refractivity contribution is -0.111. The van der Waals surface area contributed by atoms with Gasteiger partial charge in [-0.1, -0.05) is 36.9 Å². The monoisotopic (exact) mass is 585 g/mol. The fraction of sp³-hybridized carbons (Fsp3) is 0.412. The molecule has 1 fully saturated rings. The molecule has 0 atom stereocenters. The first kappa shape index (κ1) is 31.7. The molecule has 0 saturated heterocycles. The molecule has 9 nitrogen and oxygen atoms in total. The summed E-state index contributed by atoms with van der Waals surface area (Å²) in [5, 5.41) is 7.90. The predicted octanol–water partition coefficient (Wildman–Crippen LogP) is 5.87. The van der Waals surface area contributed by atoms with Gasteiger partial charge in [0.2, 0.25) is 5.91 Å². The number of anilines is 1. The van der Waals surface area contributed by atoms with Crippen LogP contribution in [0, 0.1) is 0 Å². The molecule has 3 aromatic rings. The van der Waals surface area contributed by atoms with Crippen LogP contribution < -0.4 is 10.6 Å². The van der Waals surface area contributed by atoms with E-state index in [1.807, 2.05) is 69.3 Å². The van der Waals surface area contributed by atoms with E-state index in [0.717, 1.165) is 48.6 Å². The van der Waals surface area contributed by atoms with Gasteiger partial charge in [0, 0.05) is 48.9 Å². The minimum atomic E-state index is -0.511. The van der Waals surface area contributed by atoms with E-state index in [2.05, 4.69) is 34.1 Å². The number of ether oxygens (including phenoxy) is 1. The highest BCUT2D eigenvalue weighted by Gasteiger charge is 2.26. The zero-order chi connectivity index (χ0) is 31.1. The van der Waals surface area contributed by atoms with E-state index in [0.29, 0.717) is 29.7 Å². The van der Waals surface area contributed by atoms with E-state index >= 15 is 0 Å². The lowest BCUT2D eigenvalue weighted by Gasteiger charge is -2.35. The number of amides is 3. The van der Waals surface area contributed by atoms with Gasteiger partial charge in [-0.2, -0.15) is 0 Å². The van der Waals surface area contributed by atoms with Gasteiger partial charge < -0.3 is 25.2 Å². The Labute approximate surface area is 254 Å². The summed E-state index contributed by atoms with van der Waals surface area (Å²) in [7, 11) is 3.85. The number of nitrogens with one attached hydrogen (secondary N) is 2. The van der Waals surface area contributed by atoms with Gasteiger partial charge in [-0.15, -0.1) is 0 Å². The molecule has 2 aromatic carbocycles. The van der Waals surface area contributed by atoms with Crippen LogP contribution in [0.25, 0.3) is 22.0 Å². The highest BCUT2D eigenvalue weighted by atomic mass is 16.6. The summed E-state index contributed by atoms with van der Waals surface area (Å²) in [6, 6.07) is 17.6. The second-order valence-electron chi connectivity index (χ2n) is 12.2. The number of carbonyl (C=O) groups excluding carboxylic acids is 3. The number of fused-ring (bicyclic) bond motifs is 1. The van der Waals surface area contributed by atoms with E-state index in [9.17, 15) is 14.4 Å². The summed E-state index contributed by atoms with van der Waals surface area (Å²) in [6.07, 6.45) is 4.62. The first-order valence-corrected chi connectivity index (χ1v) is 14.8. The van der Waals surface area contributed by atoms with Gasteiger partial charge >= 0.3 is 6.09 Å². The molecule has 9 heteroatoms. The largest absolute Gasteiger partial charge is 0.444 e. The highest BCUT2D eigenvalue weighted by Crippen LogP contribution is 2.29. The Balaban J connectivity index is 1.33. The highest BCUT2D eigenvalue weighted by molar-refractivity contribution is 6.06. The molecule has 43 heavy (non-hydrogen) atoms. The Hall–Kier alpha value is -4.24. The van der Waals surface area contributed by atoms with Crippen LogP contribution in [0.2, 0.25) is 0 Å². The number of aromatic nitrogens is 1. The normalized spacial score (nSPS) is 16.9. The Morgan fingerprint density at radius 3 is 2.42 bits per heavy atom. The van der Waals surface area contributed by atoms with E-state index in [4.69, 9.17) is 4.74 Å². The molecule has 1 saturated carbocycles. The van der Waals surface area contributed by atoms with Crippen LogP contribution in [0.15, 0.2) is 67.3 Å². The molecule has 0 bridgehead atoms. The topological polar surface area (TPSA) is 104 Å². The van der Waals surface area contributed by atoms with Crippen molar-refractivity contribution < 1.29 is 19.1 Å². The van der Waals surface area contributed by atoms with Crippen LogP contribution in [0.5, 0.6) is 0 Å². The molecule has 1 aromatic heterocycles. The van der Waals surface area contributed by atoms with Crippen LogP contribution in [0.4, 0.5) is 10.5 Å². The molecule has 0 aliphatic heterocycles. The van der Waals surface area contributed by atoms with Gasteiger partial charge in [0.1, 0.15) is 11.3 Å². The zero-order valence-corrected chi connectivity index (χ0v) is 25.9. The van der Waals surface area contributed by atoms with Gasteiger partial charge in [-0.25, -0.2) is 9.78 Å². The number of likely N-dealkylation sites (N-methyl/N-ethyl adjacent to an activating group) is 2. The van der Waals surface area contributed by atoms with Crippen LogP contribution in [-0.4, -0.2) is 77.6 Å². The molecule has 4 rings (SSSR count). The molecule has 1 aliphatic carbocycles. The summed E-state index contributed by atoms with van der Waals surface area (Å²) < 4.78 is 5.44. The average Bonchev–Trinajstić information content (AvgIpc) is 2.99. The third-order valence-electron chi connectivity index (χ3n) is 7.75. The van der Waals surface area contributed by atoms with Crippen molar-refractivity contribution in [3.63, 3.8) is 0 Å². The van der Waals surface area contributed by atoms with E-state index < -0.39 is 5.60 Å². The lowest BCUT2D eigenvalue weighted by atomic mass is 9.90. The molecule has 228 valence electrons. The number of pyridine rings is 1. The molecule has 0 radical (unpaired) electrons. The zero-order valence-electron chi connectivity index (χ0n) is 25.9. The van der Waals surface area contributed by atoms with Crippen LogP contribution in [0.1, 0.15) is 56.9 Å². The van der Waals surface area contributed by atoms with E-state index in [-0.39, 0.29) is 23.9 Å². The summed E-state index contributed by atoms with van der Waals surface area (Å²) in [4.78, 5) is 45.9. The van der Waals surface area contributed by atoms with Crippen molar-refractivity contribution in [2.75, 3.05) is 32.5 Å². The summed E-state index contributed by atoms with van der Waals surface area (Å²) >= 11 is 0. The van der Waals surface area contributed by atoms with Gasteiger partial charge in [0.05, 0.1) is 5.69 Å². The molecule has 3 amide bonds. The fourth-order valence-corrected chi connectivity index (χ4v) is 5.29. The van der Waals surface area contributed by atoms with Crippen LogP contribution in [0.3, 0.4) is 0 Å². The Morgan fingerprint density at radius 2 is 1.72 bits per heavy atom. The van der Waals surface area contributed by atoms with E-state index in [1.54, 1.807) is 18.0 Å². The lowest BCUT2D eigenvalue weighted by Crippen LogP contribution is -2.45. The first-order chi connectivity index (χ1) is 20.4. The van der Waals surface area contributed by atoms with Crippen molar-refractivity contribution in [1.82, 2.24) is 20.1 Å². The summed E-state index contributed by atoms with van der Waals surface area (Å²) in [5.74, 6) is -0.460. The van der Waals surface area contributed by atoms with Crippen molar-refractivity contribution in [2.45, 2.75) is 64.1 Å². The Kier molecular flexibility index (Phi) is 10.2. The summed E-state index contributed by atoms with van der Waals surface area (Å²) in [6.45, 7) is 10.5. The maximum absolute atomic E-state index is 13.2. The van der Waals surface area contributed by atoms with Crippen molar-refractivity contribution in [3.8, 4) is 11.3 Å². The average molecular weight is 586 g/mol. The number of hydrogen-bond acceptors (Lipinski definition) is 6. The van der Waals surface area contributed by atoms with Crippen molar-refractivity contribution >= 4 is 34.4 Å². The van der Waals surface area contributed by atoms with Gasteiger partial charge in [0.15, 0.2) is 0 Å². The maximum atomic E-state index is 13.2. The smallest absolute Gasteiger partial charge is 0.410 e. The molecule has 0 unspecified atom stereocenters. The molecule has 0 spiro atoms. The fourth-order valence-electron chi connectivity index (χ4n) is 5.29. The van der Waals surface area contributed by atoms with Gasteiger partial charge in [-0.3, -0.25) is 9.59 Å². The first-order valence-electron chi connectivity index (χ1n) is 14.8. The SMILES string of the molecule is C=CC(=O)Nc1cccc2ccc(-c3cccc(C(=O)NC4CCC(N(C)CCN(C)C(=O)OC(C)(C)C)CC4)n3)cc12. The van der Waals surface area contributed by atoms with Gasteiger partial charge in [-0.05, 0) is 89.2 Å². The molecular weight excluding hydrogens is 542 g/mol. The van der Waals surface area contributed by atoms with Crippen molar-refractivity contribution in [2.24, 2.45) is 0 Å². The van der Waals surface area contributed by atoms with Crippen LogP contribution >= 0.6 is 0 Å². The van der Waals surface area contributed by atoms with Crippen molar-refractivity contribution in [3.05, 3.63) is 72.9 Å². The second kappa shape index (κ2) is 13.8. The minimum Gasteiger partial charge on any atom is -0.444 e. The second-order valence-corrected chi connectivity index (χ2v) is 12.2. The number of carbonyl (C=O) groups is 3. The molecular formula is C34H43N5O4. The van der Waals surface area contributed by atoms with E-state index in [1.165, 1.54) is 6.08 Å². The maximum Gasteiger partial charge on any atom is 0.410 e. The Morgan fingerprint density at radius 1 is 1.00 bits per heavy atom. The predicted molar refractivity (Wildman–Crippen MR) is 171 cm³/mol. The summed E-state index contributed by atoms with van der Waals surface area (Å²) in [5.41, 5.74) is 2.08. The molecule has 1 heterocycles.